The predicted octanol–water partition coefficient (Wildman–Crippen LogP) is 1.49. The maximum atomic E-state index is 6.06. The van der Waals surface area contributed by atoms with Crippen molar-refractivity contribution in [3.05, 3.63) is 0 Å². The third kappa shape index (κ3) is 174000. The molecule has 8 heteroatoms. The van der Waals surface area contributed by atoms with Gasteiger partial charge in [0.15, 0.2) is 10.3 Å². The van der Waals surface area contributed by atoms with Crippen molar-refractivity contribution in [2.45, 2.75) is 4.30 Å². The maximum absolute atomic E-state index is 6.06. The zero-order valence-electron chi connectivity index (χ0n) is 5.27. The van der Waals surface area contributed by atoms with Gasteiger partial charge in [-0.15, -0.1) is 0 Å². The van der Waals surface area contributed by atoms with Crippen molar-refractivity contribution in [1.29, 1.82) is 10.8 Å². The quantitative estimate of drug-likeness (QED) is 0.222. The van der Waals surface area contributed by atoms with E-state index < -0.39 is 4.30 Å². The fraction of sp³-hybridized carbons (Fsp3) is 0.333. The van der Waals surface area contributed by atoms with Gasteiger partial charge >= 0.3 is 0 Å². The highest BCUT2D eigenvalue weighted by molar-refractivity contribution is 7.78. The molecular weight excluding hydrogens is 230 g/mol. The molecular formula is C3H7Cl3N4S. The zero-order chi connectivity index (χ0) is 9.86. The molecule has 11 heavy (non-hydrogen) atoms. The van der Waals surface area contributed by atoms with Crippen molar-refractivity contribution in [2.24, 2.45) is 11.5 Å². The second-order valence-corrected chi connectivity index (χ2v) is 2.99. The van der Waals surface area contributed by atoms with Crippen molar-refractivity contribution in [2.75, 3.05) is 0 Å². The molecule has 0 spiro atoms. The largest absolute Gasteiger partial charge is 0.370 e. The molecule has 0 aliphatic heterocycles. The first-order chi connectivity index (χ1) is 4.88. The maximum Gasteiger partial charge on any atom is 0.183 e. The second kappa shape index (κ2) is 16.5. The van der Waals surface area contributed by atoms with Crippen LogP contribution in [0.5, 0.6) is 0 Å². The lowest BCUT2D eigenvalue weighted by molar-refractivity contribution is 1.39. The van der Waals surface area contributed by atoms with Crippen LogP contribution in [0, 0.1) is 10.8 Å². The van der Waals surface area contributed by atoms with E-state index in [1.54, 1.807) is 5.16 Å². The highest BCUT2D eigenvalue weighted by Gasteiger charge is 1.78. The zero-order valence-corrected chi connectivity index (χ0v) is 8.36. The highest BCUT2D eigenvalue weighted by atomic mass is 35.6. The predicted molar refractivity (Wildman–Crippen MR) is 52.8 cm³/mol. The Balaban J connectivity index is -0.0000000886. The summed E-state index contributed by atoms with van der Waals surface area (Å²) in [4.78, 5) is 0. The fourth-order valence-corrected chi connectivity index (χ4v) is 0. The van der Waals surface area contributed by atoms with E-state index >= 15 is 0 Å². The van der Waals surface area contributed by atoms with E-state index in [0.29, 0.717) is 0 Å². The van der Waals surface area contributed by atoms with Gasteiger partial charge in [-0.2, -0.15) is 0 Å². The minimum absolute atomic E-state index is 0.333. The molecule has 0 saturated heterocycles. The number of nitrogens with two attached hydrogens (primary N) is 2. The normalized spacial score (nSPS) is 6.18. The summed E-state index contributed by atoms with van der Waals surface area (Å²) in [6.07, 6.45) is 0. The van der Waals surface area contributed by atoms with E-state index in [2.05, 4.69) is 23.7 Å². The molecule has 0 saturated carbocycles. The topological polar surface area (TPSA) is 99.7 Å². The minimum Gasteiger partial charge on any atom is -0.370 e. The molecule has 0 aromatic heterocycles. The van der Waals surface area contributed by atoms with Gasteiger partial charge in [0.1, 0.15) is 0 Å². The Bertz CT molecular complexity index is 115. The van der Waals surface area contributed by atoms with Gasteiger partial charge in [0.2, 0.25) is 0 Å². The number of thiocarbonyl (C=S) groups is 1. The Morgan fingerprint density at radius 2 is 1.36 bits per heavy atom. The van der Waals surface area contributed by atoms with Gasteiger partial charge in [-0.25, -0.2) is 5.41 Å². The molecule has 0 unspecified atom stereocenters. The minimum atomic E-state index is -0.750. The van der Waals surface area contributed by atoms with E-state index in [1.165, 1.54) is 0 Å². The van der Waals surface area contributed by atoms with Gasteiger partial charge < -0.3 is 11.5 Å². The summed E-state index contributed by atoms with van der Waals surface area (Å²) in [5, 5.41) is 13.4. The number of halogens is 3. The summed E-state index contributed by atoms with van der Waals surface area (Å²) >= 11 is 18.2. The number of hydrogen-bond donors (Lipinski definition) is 4. The number of isothiocyanates is 1. The molecule has 0 radical (unpaired) electrons. The van der Waals surface area contributed by atoms with Crippen LogP contribution in [0.2, 0.25) is 0 Å². The molecule has 0 fully saturated rings. The van der Waals surface area contributed by atoms with Crippen LogP contribution in [0.4, 0.5) is 0 Å². The summed E-state index contributed by atoms with van der Waals surface area (Å²) in [6.45, 7) is 0. The van der Waals surface area contributed by atoms with Gasteiger partial charge in [0, 0.05) is 0 Å². The van der Waals surface area contributed by atoms with Gasteiger partial charge in [-0.3, -0.25) is 5.41 Å². The van der Waals surface area contributed by atoms with Gasteiger partial charge in [-0.05, 0) is 12.2 Å². The Labute approximate surface area is 84.8 Å². The lowest BCUT2D eigenvalue weighted by Crippen LogP contribution is -2.20. The first-order valence-electron chi connectivity index (χ1n) is 1.94. The van der Waals surface area contributed by atoms with E-state index in [4.69, 9.17) is 45.6 Å². The molecule has 6 N–H and O–H groups in total. The summed E-state index contributed by atoms with van der Waals surface area (Å²) in [7, 11) is 0. The molecule has 0 aromatic rings. The molecule has 0 aliphatic carbocycles. The number of alkyl halides is 3. The van der Waals surface area contributed by atoms with Crippen LogP contribution in [-0.4, -0.2) is 15.4 Å². The van der Waals surface area contributed by atoms with Crippen LogP contribution < -0.4 is 11.5 Å². The first kappa shape index (κ1) is 17.1. The van der Waals surface area contributed by atoms with Crippen LogP contribution in [0.15, 0.2) is 0 Å². The fourth-order valence-electron chi connectivity index (χ4n) is 0. The molecule has 0 atom stereocenters. The van der Waals surface area contributed by atoms with Crippen LogP contribution in [-0.2, 0) is 0 Å². The Morgan fingerprint density at radius 3 is 1.36 bits per heavy atom. The van der Waals surface area contributed by atoms with Crippen molar-refractivity contribution in [3.8, 4) is 0 Å². The van der Waals surface area contributed by atoms with Crippen LogP contribution in [0.25, 0.3) is 0 Å². The standard InChI is InChI=1S/CHCl3.CH5N3.CHNS/c2*2-1(3)4;2-1-3/h1H;(H5,2,3,4);2H. The molecule has 4 nitrogen and oxygen atoms in total. The molecule has 0 bridgehead atoms. The number of guanidine groups is 1. The van der Waals surface area contributed by atoms with Gasteiger partial charge in [-0.1, -0.05) is 34.8 Å². The SMILES string of the molecule is ClC(Cl)Cl.N=C(N)N.N=C=S. The lowest BCUT2D eigenvalue weighted by atomic mass is 11.1. The van der Waals surface area contributed by atoms with E-state index in [-0.39, 0.29) is 5.96 Å². The van der Waals surface area contributed by atoms with E-state index in [1.807, 2.05) is 0 Å². The smallest absolute Gasteiger partial charge is 0.183 e. The summed E-state index contributed by atoms with van der Waals surface area (Å²) in [6, 6.07) is 0. The average Bonchev–Trinajstić information content (AvgIpc) is 1.60. The van der Waals surface area contributed by atoms with Crippen LogP contribution in [0.1, 0.15) is 0 Å². The van der Waals surface area contributed by atoms with Crippen molar-refractivity contribution in [1.82, 2.24) is 0 Å². The molecule has 0 rings (SSSR count). The third-order valence-electron chi connectivity index (χ3n) is 0. The highest BCUT2D eigenvalue weighted by Crippen LogP contribution is 2.03. The Morgan fingerprint density at radius 1 is 1.36 bits per heavy atom. The monoisotopic (exact) mass is 236 g/mol. The van der Waals surface area contributed by atoms with Gasteiger partial charge in [0.05, 0.1) is 5.16 Å². The van der Waals surface area contributed by atoms with E-state index in [9.17, 15) is 0 Å². The Hall–Kier alpha value is -0.0600. The van der Waals surface area contributed by atoms with Crippen molar-refractivity contribution >= 4 is 58.1 Å². The number of nitrogens with one attached hydrogen (secondary N) is 2. The second-order valence-electron chi connectivity index (χ2n) is 0.805. The van der Waals surface area contributed by atoms with Crippen LogP contribution >= 0.6 is 47.0 Å². The number of hydrogen-bond acceptors (Lipinski definition) is 3. The molecule has 66 valence electrons. The summed E-state index contributed by atoms with van der Waals surface area (Å²) in [5.74, 6) is -0.333. The molecule has 0 aromatic carbocycles. The van der Waals surface area contributed by atoms with Crippen LogP contribution in [0.3, 0.4) is 0 Å². The third-order valence-corrected chi connectivity index (χ3v) is 0. The molecule has 0 amide bonds. The van der Waals surface area contributed by atoms with Crippen molar-refractivity contribution < 1.29 is 0 Å². The summed E-state index contributed by atoms with van der Waals surface area (Å²) in [5.41, 5.74) is 8.94. The van der Waals surface area contributed by atoms with Gasteiger partial charge in [0.25, 0.3) is 0 Å². The summed E-state index contributed by atoms with van der Waals surface area (Å²) < 4.78 is -0.750. The lowest BCUT2D eigenvalue weighted by Gasteiger charge is -1.69. The number of rotatable bonds is 0. The average molecular weight is 238 g/mol. The van der Waals surface area contributed by atoms with E-state index in [0.717, 1.165) is 0 Å². The Kier molecular flexibility index (Phi) is 25.7. The molecule has 0 aliphatic rings. The molecule has 0 heterocycles. The first-order valence-corrected chi connectivity index (χ1v) is 3.65. The van der Waals surface area contributed by atoms with Crippen molar-refractivity contribution in [3.63, 3.8) is 0 Å².